The van der Waals surface area contributed by atoms with Gasteiger partial charge in [-0.1, -0.05) is 18.7 Å². The van der Waals surface area contributed by atoms with Crippen LogP contribution < -0.4 is 5.73 Å². The van der Waals surface area contributed by atoms with Crippen LogP contribution in [0.2, 0.25) is 0 Å². The first-order valence-corrected chi connectivity index (χ1v) is 8.10. The summed E-state index contributed by atoms with van der Waals surface area (Å²) in [5, 5.41) is 8.95. The van der Waals surface area contributed by atoms with Crippen molar-refractivity contribution in [1.29, 1.82) is 0 Å². The Morgan fingerprint density at radius 1 is 1.50 bits per heavy atom. The van der Waals surface area contributed by atoms with Crippen molar-refractivity contribution < 1.29 is 4.79 Å². The molecule has 2 heterocycles. The molecular formula is C13H23N5OS. The molecule has 1 fully saturated rings. The minimum absolute atomic E-state index is 0.196. The highest BCUT2D eigenvalue weighted by molar-refractivity contribution is 7.99. The third kappa shape index (κ3) is 3.73. The quantitative estimate of drug-likeness (QED) is 0.817. The first kappa shape index (κ1) is 15.3. The van der Waals surface area contributed by atoms with Crippen molar-refractivity contribution in [3.05, 3.63) is 5.82 Å². The Kier molecular flexibility index (Phi) is 5.42. The number of carbonyl (C=O) groups excluding carboxylic acids is 1. The van der Waals surface area contributed by atoms with Gasteiger partial charge in [-0.2, -0.15) is 0 Å². The zero-order valence-corrected chi connectivity index (χ0v) is 13.0. The number of nitrogens with two attached hydrogens (primary N) is 1. The highest BCUT2D eigenvalue weighted by atomic mass is 32.2. The van der Waals surface area contributed by atoms with Gasteiger partial charge in [0.25, 0.3) is 0 Å². The molecule has 1 aromatic rings. The Labute approximate surface area is 124 Å². The summed E-state index contributed by atoms with van der Waals surface area (Å²) in [5.74, 6) is 2.08. The molecule has 2 N–H and O–H groups in total. The normalized spacial score (nSPS) is 19.4. The Morgan fingerprint density at radius 3 is 3.00 bits per heavy atom. The minimum atomic E-state index is 0.196. The van der Waals surface area contributed by atoms with Gasteiger partial charge < -0.3 is 15.2 Å². The van der Waals surface area contributed by atoms with Crippen LogP contribution >= 0.6 is 11.8 Å². The summed E-state index contributed by atoms with van der Waals surface area (Å²) in [6, 6.07) is 0. The molecule has 1 saturated heterocycles. The monoisotopic (exact) mass is 297 g/mol. The summed E-state index contributed by atoms with van der Waals surface area (Å²) < 4.78 is 1.97. The number of hydrogen-bond acceptors (Lipinski definition) is 5. The lowest BCUT2D eigenvalue weighted by Crippen LogP contribution is -2.40. The van der Waals surface area contributed by atoms with Crippen LogP contribution in [0.1, 0.15) is 25.6 Å². The van der Waals surface area contributed by atoms with E-state index in [-0.39, 0.29) is 5.91 Å². The molecule has 6 nitrogen and oxygen atoms in total. The van der Waals surface area contributed by atoms with Gasteiger partial charge in [-0.3, -0.25) is 4.79 Å². The van der Waals surface area contributed by atoms with Gasteiger partial charge in [0.05, 0.1) is 5.75 Å². The Balaban J connectivity index is 1.90. The molecule has 20 heavy (non-hydrogen) atoms. The van der Waals surface area contributed by atoms with Gasteiger partial charge in [0.2, 0.25) is 5.91 Å². The lowest BCUT2D eigenvalue weighted by molar-refractivity contribution is -0.130. The van der Waals surface area contributed by atoms with E-state index in [4.69, 9.17) is 5.73 Å². The third-order valence-electron chi connectivity index (χ3n) is 3.59. The van der Waals surface area contributed by atoms with Gasteiger partial charge in [0, 0.05) is 26.2 Å². The van der Waals surface area contributed by atoms with Gasteiger partial charge >= 0.3 is 0 Å². The fourth-order valence-corrected chi connectivity index (χ4v) is 3.40. The molecule has 1 aliphatic heterocycles. The van der Waals surface area contributed by atoms with Crippen molar-refractivity contribution >= 4 is 17.7 Å². The summed E-state index contributed by atoms with van der Waals surface area (Å²) >= 11 is 1.45. The maximum atomic E-state index is 12.2. The van der Waals surface area contributed by atoms with Crippen molar-refractivity contribution in [2.45, 2.75) is 38.4 Å². The van der Waals surface area contributed by atoms with Crippen molar-refractivity contribution in [2.24, 2.45) is 11.7 Å². The molecule has 0 saturated carbocycles. The molecule has 0 bridgehead atoms. The van der Waals surface area contributed by atoms with Crippen LogP contribution in [0.15, 0.2) is 5.16 Å². The number of amides is 1. The maximum absolute atomic E-state index is 12.2. The number of thioether (sulfide) groups is 1. The second kappa shape index (κ2) is 7.08. The molecule has 112 valence electrons. The van der Waals surface area contributed by atoms with Gasteiger partial charge in [-0.25, -0.2) is 0 Å². The van der Waals surface area contributed by atoms with Crippen LogP contribution in [0.25, 0.3) is 0 Å². The Hall–Kier alpha value is -1.08. The number of rotatable bonds is 5. The van der Waals surface area contributed by atoms with E-state index in [1.165, 1.54) is 18.2 Å². The molecule has 0 aromatic carbocycles. The highest BCUT2D eigenvalue weighted by Gasteiger charge is 2.21. The zero-order chi connectivity index (χ0) is 14.5. The molecule has 1 aromatic heterocycles. The lowest BCUT2D eigenvalue weighted by atomic mass is 10.0. The molecule has 0 radical (unpaired) electrons. The van der Waals surface area contributed by atoms with Crippen molar-refractivity contribution in [1.82, 2.24) is 19.7 Å². The maximum Gasteiger partial charge on any atom is 0.233 e. The van der Waals surface area contributed by atoms with E-state index in [1.807, 2.05) is 16.4 Å². The highest BCUT2D eigenvalue weighted by Crippen LogP contribution is 2.20. The molecule has 1 amide bonds. The average Bonchev–Trinajstić information content (AvgIpc) is 2.78. The molecule has 1 unspecified atom stereocenters. The lowest BCUT2D eigenvalue weighted by Gasteiger charge is -2.30. The second-order valence-electron chi connectivity index (χ2n) is 5.35. The fraction of sp³-hybridized carbons (Fsp3) is 0.769. The van der Waals surface area contributed by atoms with E-state index in [0.29, 0.717) is 24.8 Å². The van der Waals surface area contributed by atoms with Crippen LogP contribution in [0.3, 0.4) is 0 Å². The van der Waals surface area contributed by atoms with Gasteiger partial charge in [-0.05, 0) is 25.7 Å². The Bertz CT molecular complexity index is 462. The zero-order valence-electron chi connectivity index (χ0n) is 12.2. The van der Waals surface area contributed by atoms with E-state index >= 15 is 0 Å². The van der Waals surface area contributed by atoms with E-state index in [0.717, 1.165) is 30.5 Å². The molecule has 2 rings (SSSR count). The number of likely N-dealkylation sites (tertiary alicyclic amines) is 1. The van der Waals surface area contributed by atoms with Crippen molar-refractivity contribution in [3.63, 3.8) is 0 Å². The van der Waals surface area contributed by atoms with Gasteiger partial charge in [0.1, 0.15) is 5.82 Å². The topological polar surface area (TPSA) is 77.0 Å². The van der Waals surface area contributed by atoms with E-state index in [1.54, 1.807) is 0 Å². The molecule has 0 aliphatic carbocycles. The molecular weight excluding hydrogens is 274 g/mol. The van der Waals surface area contributed by atoms with Crippen LogP contribution in [-0.4, -0.2) is 51.0 Å². The van der Waals surface area contributed by atoms with E-state index in [2.05, 4.69) is 17.1 Å². The van der Waals surface area contributed by atoms with Crippen LogP contribution in [-0.2, 0) is 11.3 Å². The first-order chi connectivity index (χ1) is 9.61. The number of carbonyl (C=O) groups is 1. The minimum Gasteiger partial charge on any atom is -0.342 e. The number of aryl methyl sites for hydroxylation is 1. The number of piperidine rings is 1. The summed E-state index contributed by atoms with van der Waals surface area (Å²) in [5.41, 5.74) is 5.58. The SMILES string of the molecule is Cc1nnc(SCC(=O)N2CCCC(C)C2)n1CCN. The summed E-state index contributed by atoms with van der Waals surface area (Å²) in [6.07, 6.45) is 2.33. The predicted octanol–water partition coefficient (Wildman–Crippen LogP) is 0.896. The van der Waals surface area contributed by atoms with Gasteiger partial charge in [-0.15, -0.1) is 10.2 Å². The number of aromatic nitrogens is 3. The average molecular weight is 297 g/mol. The largest absolute Gasteiger partial charge is 0.342 e. The Morgan fingerprint density at radius 2 is 2.30 bits per heavy atom. The first-order valence-electron chi connectivity index (χ1n) is 7.12. The van der Waals surface area contributed by atoms with E-state index < -0.39 is 0 Å². The molecule has 1 aliphatic rings. The van der Waals surface area contributed by atoms with Crippen LogP contribution in [0, 0.1) is 12.8 Å². The number of hydrogen-bond donors (Lipinski definition) is 1. The van der Waals surface area contributed by atoms with E-state index in [9.17, 15) is 4.79 Å². The van der Waals surface area contributed by atoms with Crippen LogP contribution in [0.4, 0.5) is 0 Å². The fourth-order valence-electron chi connectivity index (χ4n) is 2.49. The summed E-state index contributed by atoms with van der Waals surface area (Å²) in [4.78, 5) is 14.2. The molecule has 1 atom stereocenters. The van der Waals surface area contributed by atoms with Gasteiger partial charge in [0.15, 0.2) is 5.16 Å². The standard InChI is InChI=1S/C13H23N5OS/c1-10-4-3-6-17(8-10)12(19)9-20-13-16-15-11(2)18(13)7-5-14/h10H,3-9,14H2,1-2H3. The van der Waals surface area contributed by atoms with Crippen LogP contribution in [0.5, 0.6) is 0 Å². The second-order valence-corrected chi connectivity index (χ2v) is 6.29. The number of nitrogens with zero attached hydrogens (tertiary/aromatic N) is 4. The predicted molar refractivity (Wildman–Crippen MR) is 79.5 cm³/mol. The molecule has 7 heteroatoms. The molecule has 0 spiro atoms. The van der Waals surface area contributed by atoms with Crippen molar-refractivity contribution in [2.75, 3.05) is 25.4 Å². The van der Waals surface area contributed by atoms with Crippen molar-refractivity contribution in [3.8, 4) is 0 Å². The summed E-state index contributed by atoms with van der Waals surface area (Å²) in [7, 11) is 0. The third-order valence-corrected chi connectivity index (χ3v) is 4.54. The summed E-state index contributed by atoms with van der Waals surface area (Å²) in [6.45, 7) is 7.11. The smallest absolute Gasteiger partial charge is 0.233 e.